The molecule has 0 bridgehead atoms. The van der Waals surface area contributed by atoms with Gasteiger partial charge in [0.15, 0.2) is 0 Å². The van der Waals surface area contributed by atoms with Gasteiger partial charge < -0.3 is 5.32 Å². The first-order valence-corrected chi connectivity index (χ1v) is 10.3. The van der Waals surface area contributed by atoms with E-state index in [1.165, 1.54) is 22.7 Å². The van der Waals surface area contributed by atoms with Crippen LogP contribution in [0.3, 0.4) is 0 Å². The normalized spacial score (nSPS) is 12.0. The van der Waals surface area contributed by atoms with Crippen molar-refractivity contribution in [3.63, 3.8) is 0 Å². The lowest BCUT2D eigenvalue weighted by Crippen LogP contribution is -2.23. The molecule has 2 heterocycles. The second kappa shape index (κ2) is 7.30. The number of sulfonamides is 1. The number of rotatable bonds is 7. The summed E-state index contributed by atoms with van der Waals surface area (Å²) in [6.07, 6.45) is 0. The van der Waals surface area contributed by atoms with Gasteiger partial charge in [-0.05, 0) is 35.5 Å². The molecule has 21 heavy (non-hydrogen) atoms. The molecule has 0 aliphatic carbocycles. The van der Waals surface area contributed by atoms with E-state index in [1.807, 2.05) is 19.2 Å². The van der Waals surface area contributed by atoms with E-state index >= 15 is 0 Å². The van der Waals surface area contributed by atoms with Crippen molar-refractivity contribution in [2.24, 2.45) is 0 Å². The minimum Gasteiger partial charge on any atom is -0.312 e. The molecule has 0 aliphatic rings. The maximum atomic E-state index is 12.3. The molecule has 0 atom stereocenters. The summed E-state index contributed by atoms with van der Waals surface area (Å²) in [7, 11) is -3.53. The maximum absolute atomic E-state index is 12.3. The Morgan fingerprint density at radius 3 is 2.76 bits per heavy atom. The number of halogens is 1. The van der Waals surface area contributed by atoms with E-state index in [9.17, 15) is 8.42 Å². The van der Waals surface area contributed by atoms with Gasteiger partial charge in [0.25, 0.3) is 0 Å². The highest BCUT2D eigenvalue weighted by Gasteiger charge is 2.21. The van der Waals surface area contributed by atoms with E-state index in [1.54, 1.807) is 6.07 Å². The van der Waals surface area contributed by atoms with E-state index in [-0.39, 0.29) is 11.4 Å². The second-order valence-electron chi connectivity index (χ2n) is 4.31. The van der Waals surface area contributed by atoms with Gasteiger partial charge in [-0.25, -0.2) is 18.1 Å². The number of hydrogen-bond donors (Lipinski definition) is 2. The first kappa shape index (κ1) is 17.0. The highest BCUT2D eigenvalue weighted by molar-refractivity contribution is 9.11. The van der Waals surface area contributed by atoms with Crippen LogP contribution in [0.25, 0.3) is 0 Å². The molecule has 0 saturated carbocycles. The van der Waals surface area contributed by atoms with Crippen LogP contribution in [-0.2, 0) is 23.1 Å². The first-order valence-electron chi connectivity index (χ1n) is 6.32. The molecule has 9 heteroatoms. The van der Waals surface area contributed by atoms with Crippen molar-refractivity contribution < 1.29 is 8.42 Å². The van der Waals surface area contributed by atoms with E-state index in [0.29, 0.717) is 10.3 Å². The van der Waals surface area contributed by atoms with Crippen LogP contribution in [0.5, 0.6) is 0 Å². The van der Waals surface area contributed by atoms with Crippen LogP contribution in [0.2, 0.25) is 0 Å². The van der Waals surface area contributed by atoms with Crippen LogP contribution in [0, 0.1) is 6.92 Å². The summed E-state index contributed by atoms with van der Waals surface area (Å²) in [5.41, 5.74) is 0.736. The third kappa shape index (κ3) is 4.57. The number of nitrogens with one attached hydrogen (secondary N) is 2. The molecule has 0 unspecified atom stereocenters. The molecular formula is C12H16BrN3O2S3. The molecule has 0 radical (unpaired) electrons. The number of aromatic nitrogens is 1. The average Bonchev–Trinajstić information content (AvgIpc) is 3.00. The van der Waals surface area contributed by atoms with Gasteiger partial charge in [0, 0.05) is 16.8 Å². The van der Waals surface area contributed by atoms with Crippen molar-refractivity contribution in [3.05, 3.63) is 30.8 Å². The Kier molecular flexibility index (Phi) is 5.92. The predicted octanol–water partition coefficient (Wildman–Crippen LogP) is 2.86. The lowest BCUT2D eigenvalue weighted by atomic mass is 10.4. The number of nitrogens with zero attached hydrogens (tertiary/aromatic N) is 1. The third-order valence-corrected chi connectivity index (χ3v) is 7.13. The van der Waals surface area contributed by atoms with Crippen molar-refractivity contribution in [2.75, 3.05) is 6.54 Å². The summed E-state index contributed by atoms with van der Waals surface area (Å²) in [5.74, 6) is 0. The summed E-state index contributed by atoms with van der Waals surface area (Å²) < 4.78 is 27.9. The highest BCUT2D eigenvalue weighted by atomic mass is 79.9. The van der Waals surface area contributed by atoms with Crippen molar-refractivity contribution >= 4 is 48.6 Å². The topological polar surface area (TPSA) is 71.1 Å². The average molecular weight is 410 g/mol. The number of hydrogen-bond acceptors (Lipinski definition) is 6. The van der Waals surface area contributed by atoms with E-state index in [4.69, 9.17) is 0 Å². The molecule has 0 saturated heterocycles. The molecule has 0 aromatic carbocycles. The summed E-state index contributed by atoms with van der Waals surface area (Å²) in [6.45, 7) is 5.62. The Morgan fingerprint density at radius 2 is 2.14 bits per heavy atom. The molecule has 116 valence electrons. The Balaban J connectivity index is 2.09. The second-order valence-corrected chi connectivity index (χ2v) is 9.57. The Bertz CT molecular complexity index is 709. The Hall–Kier alpha value is -0.320. The van der Waals surface area contributed by atoms with Gasteiger partial charge in [-0.15, -0.1) is 22.7 Å². The van der Waals surface area contributed by atoms with Crippen LogP contribution < -0.4 is 10.0 Å². The standard InChI is InChI=1S/C12H16BrN3O2S3/c1-3-14-6-10-4-11(12(13)20-10)21(17,18)15-5-9-7-19-8(2)16-9/h4,7,14-15H,3,5-6H2,1-2H3. The van der Waals surface area contributed by atoms with E-state index in [0.717, 1.165) is 22.1 Å². The van der Waals surface area contributed by atoms with Crippen molar-refractivity contribution in [3.8, 4) is 0 Å². The summed E-state index contributed by atoms with van der Waals surface area (Å²) in [6, 6.07) is 1.70. The van der Waals surface area contributed by atoms with Crippen molar-refractivity contribution in [2.45, 2.75) is 31.8 Å². The van der Waals surface area contributed by atoms with Crippen LogP contribution in [0.4, 0.5) is 0 Å². The molecule has 0 spiro atoms. The third-order valence-electron chi connectivity index (χ3n) is 2.66. The molecule has 5 nitrogen and oxygen atoms in total. The quantitative estimate of drug-likeness (QED) is 0.737. The van der Waals surface area contributed by atoms with Gasteiger partial charge in [-0.3, -0.25) is 0 Å². The van der Waals surface area contributed by atoms with Crippen molar-refractivity contribution in [1.29, 1.82) is 0 Å². The SMILES string of the molecule is CCNCc1cc(S(=O)(=O)NCc2csc(C)n2)c(Br)s1. The monoisotopic (exact) mass is 409 g/mol. The fourth-order valence-corrected chi connectivity index (χ4v) is 5.91. The van der Waals surface area contributed by atoms with Crippen molar-refractivity contribution in [1.82, 2.24) is 15.0 Å². The molecule has 2 aromatic heterocycles. The minimum atomic E-state index is -3.53. The Morgan fingerprint density at radius 1 is 1.38 bits per heavy atom. The smallest absolute Gasteiger partial charge is 0.242 e. The molecule has 2 N–H and O–H groups in total. The van der Waals surface area contributed by atoms with Gasteiger partial charge in [-0.1, -0.05) is 6.92 Å². The van der Waals surface area contributed by atoms with Gasteiger partial charge in [0.05, 0.1) is 21.0 Å². The molecule has 0 aliphatic heterocycles. The van der Waals surface area contributed by atoms with E-state index < -0.39 is 10.0 Å². The number of thiazole rings is 1. The Labute approximate surface area is 141 Å². The summed E-state index contributed by atoms with van der Waals surface area (Å²) in [4.78, 5) is 5.51. The van der Waals surface area contributed by atoms with Gasteiger partial charge >= 0.3 is 0 Å². The van der Waals surface area contributed by atoms with E-state index in [2.05, 4.69) is 31.0 Å². The largest absolute Gasteiger partial charge is 0.312 e. The van der Waals surface area contributed by atoms with Gasteiger partial charge in [0.1, 0.15) is 4.90 Å². The summed E-state index contributed by atoms with van der Waals surface area (Å²) in [5, 5.41) is 5.97. The molecule has 0 fully saturated rings. The maximum Gasteiger partial charge on any atom is 0.242 e. The summed E-state index contributed by atoms with van der Waals surface area (Å²) >= 11 is 6.27. The zero-order valence-electron chi connectivity index (χ0n) is 11.6. The van der Waals surface area contributed by atoms with Crippen LogP contribution in [0.1, 0.15) is 22.5 Å². The molecule has 2 aromatic rings. The molecule has 2 rings (SSSR count). The zero-order chi connectivity index (χ0) is 15.5. The minimum absolute atomic E-state index is 0.206. The zero-order valence-corrected chi connectivity index (χ0v) is 15.7. The molecular weight excluding hydrogens is 394 g/mol. The van der Waals surface area contributed by atoms with Crippen LogP contribution in [0.15, 0.2) is 20.1 Å². The lowest BCUT2D eigenvalue weighted by molar-refractivity contribution is 0.580. The number of thiophene rings is 1. The fourth-order valence-electron chi connectivity index (χ4n) is 1.65. The van der Waals surface area contributed by atoms with Gasteiger partial charge in [0.2, 0.25) is 10.0 Å². The first-order chi connectivity index (χ1) is 9.92. The molecule has 0 amide bonds. The predicted molar refractivity (Wildman–Crippen MR) is 90.3 cm³/mol. The van der Waals surface area contributed by atoms with Crippen LogP contribution in [-0.4, -0.2) is 19.9 Å². The van der Waals surface area contributed by atoms with Gasteiger partial charge in [-0.2, -0.15) is 0 Å². The fraction of sp³-hybridized carbons (Fsp3) is 0.417. The number of aryl methyl sites for hydroxylation is 1. The van der Waals surface area contributed by atoms with Crippen LogP contribution >= 0.6 is 38.6 Å². The lowest BCUT2D eigenvalue weighted by Gasteiger charge is -2.03. The highest BCUT2D eigenvalue weighted by Crippen LogP contribution is 2.31.